The maximum Gasteiger partial charge on any atom is 0.132 e. The number of hydrogen-bond donors (Lipinski definition) is 0. The van der Waals surface area contributed by atoms with Crippen LogP contribution in [0.25, 0.3) is 0 Å². The first kappa shape index (κ1) is 11.3. The lowest BCUT2D eigenvalue weighted by Crippen LogP contribution is -2.01. The van der Waals surface area contributed by atoms with E-state index < -0.39 is 0 Å². The van der Waals surface area contributed by atoms with Crippen molar-refractivity contribution < 1.29 is 4.74 Å². The van der Waals surface area contributed by atoms with Gasteiger partial charge in [0.15, 0.2) is 0 Å². The van der Waals surface area contributed by atoms with Crippen molar-refractivity contribution in [2.45, 2.75) is 12.8 Å². The van der Waals surface area contributed by atoms with Crippen LogP contribution < -0.4 is 4.74 Å². The van der Waals surface area contributed by atoms with E-state index >= 15 is 0 Å². The molecular formula is C14H10Br2O. The van der Waals surface area contributed by atoms with Crippen LogP contribution in [0.15, 0.2) is 56.7 Å². The fraction of sp³-hybridized carbons (Fsp3) is 0.143. The Kier molecular flexibility index (Phi) is 2.97. The van der Waals surface area contributed by atoms with Crippen LogP contribution in [-0.2, 0) is 6.42 Å². The molecule has 0 fully saturated rings. The number of rotatable bonds is 0. The van der Waals surface area contributed by atoms with E-state index in [0.29, 0.717) is 0 Å². The van der Waals surface area contributed by atoms with E-state index in [0.717, 1.165) is 28.8 Å². The van der Waals surface area contributed by atoms with Gasteiger partial charge in [-0.05, 0) is 46.3 Å². The summed E-state index contributed by atoms with van der Waals surface area (Å²) in [6.45, 7) is 0. The predicted octanol–water partition coefficient (Wildman–Crippen LogP) is 4.88. The summed E-state index contributed by atoms with van der Waals surface area (Å²) in [6, 6.07) is 6.19. The number of hydrogen-bond acceptors (Lipinski definition) is 1. The van der Waals surface area contributed by atoms with Gasteiger partial charge in [-0.1, -0.05) is 44.0 Å². The Labute approximate surface area is 117 Å². The first-order valence-electron chi connectivity index (χ1n) is 5.44. The van der Waals surface area contributed by atoms with Crippen LogP contribution in [-0.4, -0.2) is 0 Å². The number of fused-ring (bicyclic) bond motifs is 2. The van der Waals surface area contributed by atoms with Crippen LogP contribution in [0.2, 0.25) is 0 Å². The Balaban J connectivity index is 2.05. The minimum absolute atomic E-state index is 0.918. The fourth-order valence-corrected chi connectivity index (χ4v) is 2.79. The van der Waals surface area contributed by atoms with Crippen molar-refractivity contribution in [3.8, 4) is 5.75 Å². The molecule has 2 aliphatic rings. The lowest BCUT2D eigenvalue weighted by atomic mass is 10.0. The van der Waals surface area contributed by atoms with Crippen LogP contribution >= 0.6 is 31.9 Å². The van der Waals surface area contributed by atoms with Crippen molar-refractivity contribution in [2.24, 2.45) is 0 Å². The lowest BCUT2D eigenvalue weighted by molar-refractivity contribution is 0.432. The second-order valence-corrected chi connectivity index (χ2v) is 6.04. The summed E-state index contributed by atoms with van der Waals surface area (Å²) < 4.78 is 8.23. The molecule has 0 radical (unpaired) electrons. The van der Waals surface area contributed by atoms with Crippen molar-refractivity contribution >= 4 is 31.9 Å². The largest absolute Gasteiger partial charge is 0.457 e. The summed E-state index contributed by atoms with van der Waals surface area (Å²) >= 11 is 7.01. The third-order valence-electron chi connectivity index (χ3n) is 2.91. The SMILES string of the molecule is BrC1=CC=C2Oc3cc(Br)ccc3CC=C2C1. The molecule has 17 heavy (non-hydrogen) atoms. The Morgan fingerprint density at radius 1 is 1.12 bits per heavy atom. The number of halogens is 2. The summed E-state index contributed by atoms with van der Waals surface area (Å²) in [5, 5.41) is 0. The van der Waals surface area contributed by atoms with E-state index in [-0.39, 0.29) is 0 Å². The monoisotopic (exact) mass is 352 g/mol. The number of allylic oxidation sites excluding steroid dienone is 5. The van der Waals surface area contributed by atoms with Gasteiger partial charge >= 0.3 is 0 Å². The summed E-state index contributed by atoms with van der Waals surface area (Å²) in [5.74, 6) is 1.91. The molecule has 1 nitrogen and oxygen atoms in total. The fourth-order valence-electron chi connectivity index (χ4n) is 2.02. The van der Waals surface area contributed by atoms with Crippen LogP contribution in [0.5, 0.6) is 5.75 Å². The van der Waals surface area contributed by atoms with Gasteiger partial charge < -0.3 is 4.74 Å². The summed E-state index contributed by atoms with van der Waals surface area (Å²) in [4.78, 5) is 0. The van der Waals surface area contributed by atoms with E-state index in [9.17, 15) is 0 Å². The quantitative estimate of drug-likeness (QED) is 0.646. The van der Waals surface area contributed by atoms with Crippen molar-refractivity contribution in [1.29, 1.82) is 0 Å². The molecule has 1 aromatic carbocycles. The van der Waals surface area contributed by atoms with E-state index in [1.165, 1.54) is 15.6 Å². The highest BCUT2D eigenvalue weighted by Crippen LogP contribution is 2.35. The second kappa shape index (κ2) is 4.46. The molecule has 1 aliphatic heterocycles. The molecule has 1 aliphatic carbocycles. The topological polar surface area (TPSA) is 9.23 Å². The molecule has 1 aromatic rings. The number of ether oxygens (including phenoxy) is 1. The van der Waals surface area contributed by atoms with Gasteiger partial charge in [0.25, 0.3) is 0 Å². The zero-order chi connectivity index (χ0) is 11.8. The van der Waals surface area contributed by atoms with Crippen LogP contribution in [0, 0.1) is 0 Å². The van der Waals surface area contributed by atoms with Crippen molar-refractivity contribution in [3.05, 3.63) is 62.3 Å². The smallest absolute Gasteiger partial charge is 0.132 e. The maximum atomic E-state index is 5.99. The van der Waals surface area contributed by atoms with Gasteiger partial charge in [0.1, 0.15) is 11.5 Å². The first-order chi connectivity index (χ1) is 8.22. The standard InChI is InChI=1S/C14H10Br2O/c15-11-5-6-13-10(7-11)2-1-9-3-4-12(16)8-14(9)17-13/h2-6,8H,1,7H2. The first-order valence-corrected chi connectivity index (χ1v) is 7.03. The Bertz CT molecular complexity index is 568. The van der Waals surface area contributed by atoms with Crippen LogP contribution in [0.4, 0.5) is 0 Å². The molecule has 0 atom stereocenters. The molecule has 0 aromatic heterocycles. The van der Waals surface area contributed by atoms with Crippen molar-refractivity contribution in [2.75, 3.05) is 0 Å². The molecule has 0 bridgehead atoms. The average Bonchev–Trinajstić information content (AvgIpc) is 2.47. The van der Waals surface area contributed by atoms with Crippen LogP contribution in [0.1, 0.15) is 12.0 Å². The summed E-state index contributed by atoms with van der Waals surface area (Å²) in [6.07, 6.45) is 8.17. The van der Waals surface area contributed by atoms with Gasteiger partial charge in [-0.3, -0.25) is 0 Å². The van der Waals surface area contributed by atoms with E-state index in [1.807, 2.05) is 12.1 Å². The molecule has 0 saturated carbocycles. The lowest BCUT2D eigenvalue weighted by Gasteiger charge is -2.15. The molecule has 3 heteroatoms. The molecule has 0 saturated heterocycles. The van der Waals surface area contributed by atoms with Gasteiger partial charge in [0.05, 0.1) is 0 Å². The van der Waals surface area contributed by atoms with Crippen molar-refractivity contribution in [3.63, 3.8) is 0 Å². The molecular weight excluding hydrogens is 344 g/mol. The third-order valence-corrected chi connectivity index (χ3v) is 3.95. The summed E-state index contributed by atoms with van der Waals surface area (Å²) in [7, 11) is 0. The van der Waals surface area contributed by atoms with Crippen molar-refractivity contribution in [1.82, 2.24) is 0 Å². The van der Waals surface area contributed by atoms with Gasteiger partial charge in [-0.15, -0.1) is 0 Å². The molecule has 0 amide bonds. The predicted molar refractivity (Wildman–Crippen MR) is 76.3 cm³/mol. The van der Waals surface area contributed by atoms with E-state index in [4.69, 9.17) is 4.74 Å². The highest BCUT2D eigenvalue weighted by molar-refractivity contribution is 9.11. The average molecular weight is 354 g/mol. The van der Waals surface area contributed by atoms with E-state index in [2.05, 4.69) is 56.1 Å². The van der Waals surface area contributed by atoms with E-state index in [1.54, 1.807) is 0 Å². The maximum absolute atomic E-state index is 5.99. The number of benzene rings is 1. The Hall–Kier alpha value is -0.800. The molecule has 0 N–H and O–H groups in total. The molecule has 3 rings (SSSR count). The highest BCUT2D eigenvalue weighted by Gasteiger charge is 2.18. The van der Waals surface area contributed by atoms with Gasteiger partial charge in [-0.25, -0.2) is 0 Å². The van der Waals surface area contributed by atoms with Crippen LogP contribution in [0.3, 0.4) is 0 Å². The molecule has 1 heterocycles. The normalized spacial score (nSPS) is 17.9. The third kappa shape index (κ3) is 2.26. The minimum Gasteiger partial charge on any atom is -0.457 e. The van der Waals surface area contributed by atoms with Gasteiger partial charge in [-0.2, -0.15) is 0 Å². The molecule has 0 unspecified atom stereocenters. The summed E-state index contributed by atoms with van der Waals surface area (Å²) in [5.41, 5.74) is 2.49. The van der Waals surface area contributed by atoms with Gasteiger partial charge in [0, 0.05) is 10.9 Å². The zero-order valence-corrected chi connectivity index (χ0v) is 12.2. The molecule has 86 valence electrons. The minimum atomic E-state index is 0.918. The Morgan fingerprint density at radius 3 is 2.88 bits per heavy atom. The second-order valence-electron chi connectivity index (χ2n) is 4.11. The highest BCUT2D eigenvalue weighted by atomic mass is 79.9. The zero-order valence-electron chi connectivity index (χ0n) is 9.04. The Morgan fingerprint density at radius 2 is 2.00 bits per heavy atom. The van der Waals surface area contributed by atoms with Gasteiger partial charge in [0.2, 0.25) is 0 Å². The molecule has 0 spiro atoms.